The maximum Gasteiger partial charge on any atom is 0.315 e. The van der Waals surface area contributed by atoms with Crippen LogP contribution in [0.5, 0.6) is 0 Å². The average molecular weight is 329 g/mol. The second kappa shape index (κ2) is 5.33. The Morgan fingerprint density at radius 1 is 1.21 bits per heavy atom. The second-order valence-electron chi connectivity index (χ2n) is 8.44. The van der Waals surface area contributed by atoms with Crippen LogP contribution < -0.4 is 0 Å². The monoisotopic (exact) mass is 329 g/mol. The molecular formula is C20H27NO3. The van der Waals surface area contributed by atoms with Gasteiger partial charge in [-0.3, -0.25) is 9.59 Å². The molecule has 1 aromatic carbocycles. The van der Waals surface area contributed by atoms with Crippen molar-refractivity contribution in [1.82, 2.24) is 4.90 Å². The van der Waals surface area contributed by atoms with Crippen LogP contribution in [0.1, 0.15) is 59.1 Å². The molecule has 3 rings (SSSR count). The van der Waals surface area contributed by atoms with Crippen LogP contribution in [0.25, 0.3) is 0 Å². The molecule has 4 nitrogen and oxygen atoms in total. The van der Waals surface area contributed by atoms with Crippen molar-refractivity contribution in [3.8, 4) is 0 Å². The molecule has 0 radical (unpaired) electrons. The average Bonchev–Trinajstić information content (AvgIpc) is 3.28. The number of carbonyl (C=O) groups excluding carboxylic acids is 2. The van der Waals surface area contributed by atoms with Crippen molar-refractivity contribution >= 4 is 11.9 Å². The summed E-state index contributed by atoms with van der Waals surface area (Å²) in [4.78, 5) is 27.9. The van der Waals surface area contributed by atoms with Gasteiger partial charge in [0.25, 0.3) is 0 Å². The van der Waals surface area contributed by atoms with Crippen LogP contribution in [-0.4, -0.2) is 28.9 Å². The quantitative estimate of drug-likeness (QED) is 0.794. The van der Waals surface area contributed by atoms with Crippen LogP contribution in [0.15, 0.2) is 30.3 Å². The van der Waals surface area contributed by atoms with E-state index in [1.54, 1.807) is 0 Å². The van der Waals surface area contributed by atoms with Crippen LogP contribution in [-0.2, 0) is 14.3 Å². The fraction of sp³-hybridized carbons (Fsp3) is 0.600. The van der Waals surface area contributed by atoms with E-state index in [2.05, 4.69) is 0 Å². The van der Waals surface area contributed by atoms with Crippen molar-refractivity contribution in [3.05, 3.63) is 35.9 Å². The summed E-state index contributed by atoms with van der Waals surface area (Å²) >= 11 is 0. The molecule has 1 aliphatic heterocycles. The Labute approximate surface area is 144 Å². The van der Waals surface area contributed by atoms with Gasteiger partial charge in [-0.25, -0.2) is 0 Å². The number of carbonyl (C=O) groups is 2. The van der Waals surface area contributed by atoms with Crippen LogP contribution >= 0.6 is 0 Å². The van der Waals surface area contributed by atoms with Crippen molar-refractivity contribution < 1.29 is 14.3 Å². The number of hydrogen-bond donors (Lipinski definition) is 0. The van der Waals surface area contributed by atoms with Crippen LogP contribution in [0.3, 0.4) is 0 Å². The molecule has 1 amide bonds. The predicted octanol–water partition coefficient (Wildman–Crippen LogP) is 3.72. The summed E-state index contributed by atoms with van der Waals surface area (Å²) < 4.78 is 5.66. The predicted molar refractivity (Wildman–Crippen MR) is 92.2 cm³/mol. The van der Waals surface area contributed by atoms with E-state index >= 15 is 0 Å². The van der Waals surface area contributed by atoms with Crippen molar-refractivity contribution in [2.75, 3.05) is 6.54 Å². The first-order valence-electron chi connectivity index (χ1n) is 8.70. The molecule has 1 heterocycles. The van der Waals surface area contributed by atoms with E-state index in [1.165, 1.54) is 0 Å². The maximum atomic E-state index is 13.1. The topological polar surface area (TPSA) is 46.6 Å². The van der Waals surface area contributed by atoms with Crippen molar-refractivity contribution in [2.45, 2.75) is 59.1 Å². The number of ether oxygens (including phenoxy) is 1. The van der Waals surface area contributed by atoms with Gasteiger partial charge in [-0.15, -0.1) is 0 Å². The van der Waals surface area contributed by atoms with E-state index in [4.69, 9.17) is 4.74 Å². The molecule has 1 saturated carbocycles. The van der Waals surface area contributed by atoms with Gasteiger partial charge in [0.15, 0.2) is 0 Å². The third-order valence-corrected chi connectivity index (χ3v) is 5.56. The molecule has 130 valence electrons. The molecule has 1 aromatic rings. The molecule has 2 aliphatic rings. The van der Waals surface area contributed by atoms with Gasteiger partial charge >= 0.3 is 5.97 Å². The summed E-state index contributed by atoms with van der Waals surface area (Å²) in [5, 5.41) is 0. The van der Waals surface area contributed by atoms with Crippen LogP contribution in [0, 0.1) is 10.8 Å². The normalized spacial score (nSPS) is 26.5. The molecule has 1 spiro atoms. The Morgan fingerprint density at radius 2 is 1.79 bits per heavy atom. The van der Waals surface area contributed by atoms with Gasteiger partial charge in [0.2, 0.25) is 5.91 Å². The van der Waals surface area contributed by atoms with Gasteiger partial charge in [-0.05, 0) is 53.0 Å². The molecule has 0 aromatic heterocycles. The number of amides is 1. The van der Waals surface area contributed by atoms with Crippen LogP contribution in [0.4, 0.5) is 0 Å². The van der Waals surface area contributed by atoms with Crippen molar-refractivity contribution in [2.24, 2.45) is 10.8 Å². The highest BCUT2D eigenvalue weighted by Crippen LogP contribution is 2.65. The molecule has 1 unspecified atom stereocenters. The molecule has 1 aliphatic carbocycles. The molecule has 2 atom stereocenters. The van der Waals surface area contributed by atoms with Gasteiger partial charge in [0.1, 0.15) is 5.60 Å². The third-order valence-electron chi connectivity index (χ3n) is 5.56. The van der Waals surface area contributed by atoms with E-state index in [0.717, 1.165) is 18.4 Å². The highest BCUT2D eigenvalue weighted by Gasteiger charge is 2.72. The van der Waals surface area contributed by atoms with E-state index < -0.39 is 16.4 Å². The molecule has 24 heavy (non-hydrogen) atoms. The Balaban J connectivity index is 1.89. The lowest BCUT2D eigenvalue weighted by atomic mass is 9.76. The van der Waals surface area contributed by atoms with Crippen LogP contribution in [0.2, 0.25) is 0 Å². The largest absolute Gasteiger partial charge is 0.459 e. The SMILES string of the molecule is CC(c1ccccc1)N1C[C@@](C)(C(=O)OC(C)(C)C)C2(CC2)C1=O. The molecule has 1 saturated heterocycles. The number of likely N-dealkylation sites (tertiary alicyclic amines) is 1. The third kappa shape index (κ3) is 2.52. The zero-order valence-electron chi connectivity index (χ0n) is 15.3. The van der Waals surface area contributed by atoms with Gasteiger partial charge < -0.3 is 9.64 Å². The van der Waals surface area contributed by atoms with Gasteiger partial charge in [-0.1, -0.05) is 30.3 Å². The number of benzene rings is 1. The zero-order chi connectivity index (χ0) is 17.8. The van der Waals surface area contributed by atoms with Crippen molar-refractivity contribution in [1.29, 1.82) is 0 Å². The van der Waals surface area contributed by atoms with E-state index in [1.807, 2.05) is 69.9 Å². The Morgan fingerprint density at radius 3 is 2.29 bits per heavy atom. The minimum Gasteiger partial charge on any atom is -0.459 e. The zero-order valence-corrected chi connectivity index (χ0v) is 15.3. The number of nitrogens with zero attached hydrogens (tertiary/aromatic N) is 1. The lowest BCUT2D eigenvalue weighted by molar-refractivity contribution is -0.170. The summed E-state index contributed by atoms with van der Waals surface area (Å²) in [7, 11) is 0. The van der Waals surface area contributed by atoms with Gasteiger partial charge in [0.05, 0.1) is 16.9 Å². The molecule has 4 heteroatoms. The minimum atomic E-state index is -0.763. The summed E-state index contributed by atoms with van der Waals surface area (Å²) in [5.74, 6) is -0.143. The maximum absolute atomic E-state index is 13.1. The fourth-order valence-electron chi connectivity index (χ4n) is 3.84. The molecular weight excluding hydrogens is 302 g/mol. The fourth-order valence-corrected chi connectivity index (χ4v) is 3.84. The van der Waals surface area contributed by atoms with E-state index in [-0.39, 0.29) is 17.9 Å². The van der Waals surface area contributed by atoms with Gasteiger partial charge in [0, 0.05) is 6.54 Å². The highest BCUT2D eigenvalue weighted by molar-refractivity contribution is 5.97. The minimum absolute atomic E-state index is 0.0413. The Kier molecular flexibility index (Phi) is 3.78. The summed E-state index contributed by atoms with van der Waals surface area (Å²) in [6.45, 7) is 9.98. The molecule has 0 bridgehead atoms. The summed E-state index contributed by atoms with van der Waals surface area (Å²) in [6.07, 6.45) is 1.55. The van der Waals surface area contributed by atoms with E-state index in [0.29, 0.717) is 6.54 Å². The summed E-state index contributed by atoms with van der Waals surface area (Å²) in [5.41, 5.74) is -0.772. The highest BCUT2D eigenvalue weighted by atomic mass is 16.6. The first-order valence-corrected chi connectivity index (χ1v) is 8.70. The van der Waals surface area contributed by atoms with Crippen molar-refractivity contribution in [3.63, 3.8) is 0 Å². The number of hydrogen-bond acceptors (Lipinski definition) is 3. The smallest absolute Gasteiger partial charge is 0.315 e. The number of esters is 1. The Bertz CT molecular complexity index is 657. The molecule has 0 N–H and O–H groups in total. The lowest BCUT2D eigenvalue weighted by Crippen LogP contribution is -2.42. The standard InChI is InChI=1S/C20H27NO3/c1-14(15-9-7-6-8-10-15)21-13-19(5,17(23)24-18(2,3)4)20(11-12-20)16(21)22/h6-10,14H,11-13H2,1-5H3/t14?,19-/m0/s1. The first-order chi connectivity index (χ1) is 11.1. The number of rotatable bonds is 3. The molecule has 2 fully saturated rings. The summed E-state index contributed by atoms with van der Waals surface area (Å²) in [6, 6.07) is 9.94. The lowest BCUT2D eigenvalue weighted by Gasteiger charge is -2.31. The van der Waals surface area contributed by atoms with E-state index in [9.17, 15) is 9.59 Å². The first kappa shape index (κ1) is 17.0. The Hall–Kier alpha value is -1.84. The second-order valence-corrected chi connectivity index (χ2v) is 8.44. The van der Waals surface area contributed by atoms with Gasteiger partial charge in [-0.2, -0.15) is 0 Å².